The van der Waals surface area contributed by atoms with Crippen molar-refractivity contribution in [2.24, 2.45) is 38.8 Å². The van der Waals surface area contributed by atoms with Gasteiger partial charge in [-0.3, -0.25) is 4.99 Å². The third-order valence-corrected chi connectivity index (χ3v) is 11.9. The van der Waals surface area contributed by atoms with Crippen LogP contribution in [0.4, 0.5) is 5.69 Å². The molecule has 2 aromatic carbocycles. The summed E-state index contributed by atoms with van der Waals surface area (Å²) < 4.78 is 0. The SMILES string of the molecule is C=C.C=C(NCC1=C(C2=CCCCC2)CC=N1)C1CC2(C1)CN(NC(C)(C)C)C2.C=C(Nc1ccc2ccccc2c1)C1CC(CC)(CC)C1.C=CN.CC.CC(C)(C)C. The van der Waals surface area contributed by atoms with Crippen LogP contribution >= 0.6 is 0 Å². The number of hydrazine groups is 1. The van der Waals surface area contributed by atoms with E-state index in [0.717, 1.165) is 18.7 Å². The molecule has 6 nitrogen and oxygen atoms in total. The molecule has 3 fully saturated rings. The van der Waals surface area contributed by atoms with Crippen molar-refractivity contribution in [2.75, 3.05) is 25.0 Å². The lowest BCUT2D eigenvalue weighted by Gasteiger charge is -2.60. The van der Waals surface area contributed by atoms with E-state index in [1.807, 2.05) is 13.8 Å². The maximum absolute atomic E-state index is 4.66. The molecule has 2 aromatic rings. The molecule has 0 bridgehead atoms. The van der Waals surface area contributed by atoms with Gasteiger partial charge in [0.2, 0.25) is 0 Å². The lowest BCUT2D eigenvalue weighted by atomic mass is 9.57. The Balaban J connectivity index is 0.000000334. The molecule has 0 aromatic heterocycles. The van der Waals surface area contributed by atoms with E-state index in [-0.39, 0.29) is 5.54 Å². The molecule has 3 aliphatic carbocycles. The van der Waals surface area contributed by atoms with E-state index >= 15 is 0 Å². The molecule has 7 rings (SSSR count). The summed E-state index contributed by atoms with van der Waals surface area (Å²) in [5.74, 6) is 1.27. The van der Waals surface area contributed by atoms with Crippen molar-refractivity contribution in [1.82, 2.24) is 15.8 Å². The number of hydrogen-bond donors (Lipinski definition) is 4. The van der Waals surface area contributed by atoms with Gasteiger partial charge in [-0.2, -0.15) is 0 Å². The van der Waals surface area contributed by atoms with Crippen LogP contribution in [0.1, 0.15) is 147 Å². The van der Waals surface area contributed by atoms with Gasteiger partial charge >= 0.3 is 0 Å². The zero-order valence-corrected chi connectivity index (χ0v) is 40.3. The molecule has 0 radical (unpaired) electrons. The maximum Gasteiger partial charge on any atom is 0.0629 e. The number of nitrogens with one attached hydrogen (secondary N) is 3. The molecule has 60 heavy (non-hydrogen) atoms. The average Bonchev–Trinajstić information content (AvgIpc) is 3.65. The number of fused-ring (bicyclic) bond motifs is 1. The predicted octanol–water partition coefficient (Wildman–Crippen LogP) is 14.3. The van der Waals surface area contributed by atoms with Crippen LogP contribution in [0.3, 0.4) is 0 Å². The Kier molecular flexibility index (Phi) is 21.4. The van der Waals surface area contributed by atoms with Crippen LogP contribution in [-0.4, -0.2) is 36.4 Å². The molecule has 5 N–H and O–H groups in total. The molecule has 5 aliphatic rings. The van der Waals surface area contributed by atoms with Crippen LogP contribution in [0.5, 0.6) is 0 Å². The molecule has 334 valence electrons. The third-order valence-electron chi connectivity index (χ3n) is 11.9. The van der Waals surface area contributed by atoms with Crippen molar-refractivity contribution >= 4 is 22.7 Å². The summed E-state index contributed by atoms with van der Waals surface area (Å²) in [5, 5.41) is 12.1. The second-order valence-electron chi connectivity index (χ2n) is 19.9. The predicted molar refractivity (Wildman–Crippen MR) is 268 cm³/mol. The molecule has 1 saturated heterocycles. The maximum atomic E-state index is 4.66. The normalized spacial score (nSPS) is 18.9. The molecule has 2 aliphatic heterocycles. The molecule has 0 unspecified atom stereocenters. The second-order valence-corrected chi connectivity index (χ2v) is 19.9. The lowest BCUT2D eigenvalue weighted by Crippen LogP contribution is -2.68. The van der Waals surface area contributed by atoms with E-state index in [4.69, 9.17) is 0 Å². The summed E-state index contributed by atoms with van der Waals surface area (Å²) in [7, 11) is 0. The minimum absolute atomic E-state index is 0.164. The number of nitrogens with zero attached hydrogens (tertiary/aromatic N) is 2. The van der Waals surface area contributed by atoms with Gasteiger partial charge in [-0.15, -0.1) is 13.2 Å². The standard InChI is InChI=1S/C23H36N4.C20H25N.C5H12.C2H5N.C2H6.C2H4/c1-17(19-12-23(13-19)15-27(16-23)26-22(2,3)4)25-14-21-20(10-11-24-21)18-8-6-5-7-9-18;1-4-20(5-2)13-18(14-20)15(3)21-19-11-10-16-8-6-7-9-17(16)12-19;1-5(2,3)4;1-2-3;2*1-2/h8,11,19,25-26H,1,5-7,9-10,12-16H2,2-4H3;6-12,18,21H,3-5,13-14H2,1-2H3;1-4H3;2H,1,3H2;1-2H3;1-2H2. The summed E-state index contributed by atoms with van der Waals surface area (Å²) in [6.45, 7) is 45.0. The Hall–Kier alpha value is -3.87. The first-order valence-corrected chi connectivity index (χ1v) is 23.1. The molecule has 2 heterocycles. The topological polar surface area (TPSA) is 77.7 Å². The highest BCUT2D eigenvalue weighted by Gasteiger charge is 2.53. The average molecular weight is 821 g/mol. The van der Waals surface area contributed by atoms with Crippen molar-refractivity contribution in [3.8, 4) is 0 Å². The minimum atomic E-state index is 0.164. The first-order valence-electron chi connectivity index (χ1n) is 23.1. The highest BCUT2D eigenvalue weighted by Crippen LogP contribution is 2.54. The molecule has 0 amide bonds. The van der Waals surface area contributed by atoms with Crippen LogP contribution in [0, 0.1) is 28.1 Å². The van der Waals surface area contributed by atoms with Crippen molar-refractivity contribution in [3.63, 3.8) is 0 Å². The highest BCUT2D eigenvalue weighted by molar-refractivity contribution is 5.85. The largest absolute Gasteiger partial charge is 0.405 e. The molecule has 6 heteroatoms. The Morgan fingerprint density at radius 3 is 1.97 bits per heavy atom. The van der Waals surface area contributed by atoms with Crippen LogP contribution in [0.15, 0.2) is 121 Å². The first kappa shape index (κ1) is 52.3. The highest BCUT2D eigenvalue weighted by atomic mass is 15.6. The number of hydrogen-bond acceptors (Lipinski definition) is 6. The van der Waals surface area contributed by atoms with Crippen molar-refractivity contribution in [3.05, 3.63) is 116 Å². The summed E-state index contributed by atoms with van der Waals surface area (Å²) in [6, 6.07) is 15.0. The van der Waals surface area contributed by atoms with Crippen LogP contribution in [0.2, 0.25) is 0 Å². The molecule has 1 spiro atoms. The van der Waals surface area contributed by atoms with Gasteiger partial charge in [-0.25, -0.2) is 10.4 Å². The van der Waals surface area contributed by atoms with E-state index in [2.05, 4.69) is 182 Å². The van der Waals surface area contributed by atoms with E-state index in [1.54, 1.807) is 5.57 Å². The fourth-order valence-electron chi connectivity index (χ4n) is 8.79. The fourth-order valence-corrected chi connectivity index (χ4v) is 8.79. The van der Waals surface area contributed by atoms with Gasteiger partial charge in [-0.1, -0.05) is 124 Å². The summed E-state index contributed by atoms with van der Waals surface area (Å²) >= 11 is 0. The fraction of sp³-hybridized carbons (Fsp3) is 0.574. The van der Waals surface area contributed by atoms with Gasteiger partial charge in [0.15, 0.2) is 0 Å². The Morgan fingerprint density at radius 2 is 1.43 bits per heavy atom. The van der Waals surface area contributed by atoms with Crippen LogP contribution < -0.4 is 21.8 Å². The molecule has 2 saturated carbocycles. The van der Waals surface area contributed by atoms with Gasteiger partial charge in [0.05, 0.1) is 12.2 Å². The van der Waals surface area contributed by atoms with Crippen molar-refractivity contribution < 1.29 is 0 Å². The first-order chi connectivity index (χ1) is 28.4. The minimum Gasteiger partial charge on any atom is -0.405 e. The number of anilines is 1. The van der Waals surface area contributed by atoms with E-state index in [1.165, 1.54) is 117 Å². The second kappa shape index (κ2) is 24.5. The van der Waals surface area contributed by atoms with Crippen LogP contribution in [-0.2, 0) is 0 Å². The molecule has 0 atom stereocenters. The van der Waals surface area contributed by atoms with Crippen molar-refractivity contribution in [1.29, 1.82) is 0 Å². The summed E-state index contributed by atoms with van der Waals surface area (Å²) in [6.07, 6.45) is 19.6. The molecular formula is C54H88N6. The van der Waals surface area contributed by atoms with Gasteiger partial charge in [0, 0.05) is 48.3 Å². The number of nitrogens with two attached hydrogens (primary N) is 1. The summed E-state index contributed by atoms with van der Waals surface area (Å²) in [4.78, 5) is 4.66. The van der Waals surface area contributed by atoms with Gasteiger partial charge in [-0.05, 0) is 140 Å². The Labute approximate surface area is 369 Å². The number of aliphatic imine (C=N–C) groups is 1. The van der Waals surface area contributed by atoms with Crippen molar-refractivity contribution in [2.45, 2.75) is 152 Å². The Bertz CT molecular complexity index is 1710. The zero-order valence-electron chi connectivity index (χ0n) is 40.3. The van der Waals surface area contributed by atoms with Gasteiger partial charge < -0.3 is 16.4 Å². The number of rotatable bonds is 11. The zero-order chi connectivity index (χ0) is 45.1. The van der Waals surface area contributed by atoms with Crippen LogP contribution in [0.25, 0.3) is 10.8 Å². The van der Waals surface area contributed by atoms with Gasteiger partial charge in [0.25, 0.3) is 0 Å². The number of allylic oxidation sites excluding steroid dienone is 5. The number of benzene rings is 2. The lowest BCUT2D eigenvalue weighted by molar-refractivity contribution is -0.123. The summed E-state index contributed by atoms with van der Waals surface area (Å²) in [5.41, 5.74) is 17.8. The third kappa shape index (κ3) is 16.5. The monoisotopic (exact) mass is 821 g/mol. The Morgan fingerprint density at radius 1 is 0.867 bits per heavy atom. The smallest absolute Gasteiger partial charge is 0.0629 e. The van der Waals surface area contributed by atoms with E-state index in [9.17, 15) is 0 Å². The molecular weight excluding hydrogens is 733 g/mol. The van der Waals surface area contributed by atoms with E-state index in [0.29, 0.717) is 28.1 Å². The van der Waals surface area contributed by atoms with Gasteiger partial charge in [0.1, 0.15) is 0 Å². The quantitative estimate of drug-likeness (QED) is 0.170. The van der Waals surface area contributed by atoms with E-state index < -0.39 is 0 Å².